The molecule has 0 spiro atoms. The van der Waals surface area contributed by atoms with Crippen molar-refractivity contribution in [3.63, 3.8) is 0 Å². The highest BCUT2D eigenvalue weighted by atomic mass is 16.5. The molecule has 7 nitrogen and oxygen atoms in total. The van der Waals surface area contributed by atoms with Crippen molar-refractivity contribution in [1.29, 1.82) is 0 Å². The van der Waals surface area contributed by atoms with Gasteiger partial charge in [-0.25, -0.2) is 4.98 Å². The first-order valence-corrected chi connectivity index (χ1v) is 15.9. The maximum Gasteiger partial charge on any atom is 0.254 e. The van der Waals surface area contributed by atoms with Crippen LogP contribution in [0.1, 0.15) is 42.5 Å². The van der Waals surface area contributed by atoms with Crippen LogP contribution in [0.4, 0.5) is 0 Å². The summed E-state index contributed by atoms with van der Waals surface area (Å²) in [6.07, 6.45) is 7.87. The zero-order valence-corrected chi connectivity index (χ0v) is 25.2. The van der Waals surface area contributed by atoms with Gasteiger partial charge in [-0.2, -0.15) is 0 Å². The van der Waals surface area contributed by atoms with E-state index in [1.165, 1.54) is 41.3 Å². The van der Waals surface area contributed by atoms with Gasteiger partial charge in [-0.1, -0.05) is 24.3 Å². The molecule has 9 rings (SSSR count). The first-order chi connectivity index (χ1) is 21.5. The lowest BCUT2D eigenvalue weighted by atomic mass is 10.0. The van der Waals surface area contributed by atoms with E-state index >= 15 is 0 Å². The molecule has 3 aliphatic rings. The van der Waals surface area contributed by atoms with Crippen molar-refractivity contribution in [3.05, 3.63) is 78.5 Å². The third kappa shape index (κ3) is 4.05. The molecule has 3 fully saturated rings. The second kappa shape index (κ2) is 9.68. The topological polar surface area (TPSA) is 65.2 Å². The number of imidazole rings is 1. The van der Waals surface area contributed by atoms with Crippen LogP contribution in [-0.4, -0.2) is 49.6 Å². The smallest absolute Gasteiger partial charge is 0.254 e. The number of rotatable bonds is 6. The van der Waals surface area contributed by atoms with Gasteiger partial charge in [-0.3, -0.25) is 9.78 Å². The first-order valence-electron chi connectivity index (χ1n) is 15.9. The number of hydrogen-bond donors (Lipinski definition) is 0. The van der Waals surface area contributed by atoms with Gasteiger partial charge >= 0.3 is 0 Å². The Balaban J connectivity index is 1.16. The summed E-state index contributed by atoms with van der Waals surface area (Å²) < 4.78 is 10.5. The Bertz CT molecular complexity index is 2120. The van der Waals surface area contributed by atoms with Crippen LogP contribution < -0.4 is 4.74 Å². The number of methoxy groups -OCH3 is 1. The number of likely N-dealkylation sites (tertiary alicyclic amines) is 1. The van der Waals surface area contributed by atoms with E-state index in [0.29, 0.717) is 29.2 Å². The summed E-state index contributed by atoms with van der Waals surface area (Å²) in [5.74, 6) is 3.02. The molecule has 3 aromatic heterocycles. The van der Waals surface area contributed by atoms with Crippen molar-refractivity contribution in [2.75, 3.05) is 13.7 Å². The number of carbonyl (C=O) groups excluding carboxylic acids is 1. The molecule has 2 saturated carbocycles. The van der Waals surface area contributed by atoms with E-state index < -0.39 is 0 Å². The first kappa shape index (κ1) is 25.8. The van der Waals surface area contributed by atoms with Gasteiger partial charge in [0.15, 0.2) is 5.82 Å². The van der Waals surface area contributed by atoms with Gasteiger partial charge in [0.1, 0.15) is 11.3 Å². The molecule has 3 aromatic carbocycles. The zero-order chi connectivity index (χ0) is 29.5. The predicted octanol–water partition coefficient (Wildman–Crippen LogP) is 7.45. The third-order valence-electron chi connectivity index (χ3n) is 10.3. The number of benzene rings is 3. The molecule has 7 heteroatoms. The molecule has 2 atom stereocenters. The molecule has 220 valence electrons. The van der Waals surface area contributed by atoms with Gasteiger partial charge in [-0.15, -0.1) is 0 Å². The molecule has 4 heterocycles. The van der Waals surface area contributed by atoms with E-state index in [9.17, 15) is 4.79 Å². The molecule has 1 saturated heterocycles. The molecular formula is C37H35N5O2. The van der Waals surface area contributed by atoms with Crippen LogP contribution in [0, 0.1) is 11.8 Å². The number of ether oxygens (including phenoxy) is 1. The Hall–Kier alpha value is -4.65. The summed E-state index contributed by atoms with van der Waals surface area (Å²) >= 11 is 0. The van der Waals surface area contributed by atoms with Crippen LogP contribution in [0.3, 0.4) is 0 Å². The molecule has 1 amide bonds. The lowest BCUT2D eigenvalue weighted by molar-refractivity contribution is 0.0703. The fourth-order valence-electron chi connectivity index (χ4n) is 7.79. The highest BCUT2D eigenvalue weighted by Gasteiger charge is 2.40. The number of carbonyl (C=O) groups is 1. The van der Waals surface area contributed by atoms with Crippen LogP contribution in [0.5, 0.6) is 5.75 Å². The number of fused-ring (bicyclic) bond motifs is 5. The maximum atomic E-state index is 13.7. The normalized spacial score (nSPS) is 19.5. The van der Waals surface area contributed by atoms with E-state index in [-0.39, 0.29) is 5.91 Å². The van der Waals surface area contributed by atoms with Gasteiger partial charge in [0.05, 0.1) is 23.8 Å². The molecule has 0 radical (unpaired) electrons. The lowest BCUT2D eigenvalue weighted by Gasteiger charge is -2.27. The van der Waals surface area contributed by atoms with Crippen LogP contribution in [0.2, 0.25) is 0 Å². The van der Waals surface area contributed by atoms with Crippen LogP contribution in [0.15, 0.2) is 72.9 Å². The van der Waals surface area contributed by atoms with Crippen molar-refractivity contribution in [1.82, 2.24) is 24.0 Å². The van der Waals surface area contributed by atoms with E-state index in [2.05, 4.69) is 74.6 Å². The summed E-state index contributed by atoms with van der Waals surface area (Å²) in [5, 5.41) is 2.34. The molecule has 44 heavy (non-hydrogen) atoms. The molecule has 2 aliphatic carbocycles. The maximum absolute atomic E-state index is 13.7. The number of aromatic nitrogens is 4. The standard InChI is InChI=1S/C37H35N5O2/c1-40-35-31(16-28(19-34(35)44-2)37(43)41-21-23-7-11-29(41)14-23)39-36(40)33-18-27-9-8-25(17-32(27)42(33)20-22-5-6-22)24-10-12-30-26(15-24)4-3-13-38-30/h3-4,8-10,12-13,15-19,22-23,29H,5-7,11,14,20-21H2,1-2H3. The Labute approximate surface area is 256 Å². The Morgan fingerprint density at radius 3 is 2.59 bits per heavy atom. The van der Waals surface area contributed by atoms with Crippen LogP contribution >= 0.6 is 0 Å². The van der Waals surface area contributed by atoms with Gasteiger partial charge < -0.3 is 18.8 Å². The minimum Gasteiger partial charge on any atom is -0.494 e. The van der Waals surface area contributed by atoms with Crippen LogP contribution in [-0.2, 0) is 13.6 Å². The number of nitrogens with zero attached hydrogens (tertiary/aromatic N) is 5. The van der Waals surface area contributed by atoms with Gasteiger partial charge in [0.2, 0.25) is 0 Å². The summed E-state index contributed by atoms with van der Waals surface area (Å²) in [6, 6.07) is 23.9. The predicted molar refractivity (Wildman–Crippen MR) is 174 cm³/mol. The number of piperidine rings is 1. The lowest BCUT2D eigenvalue weighted by Crippen LogP contribution is -2.37. The van der Waals surface area contributed by atoms with E-state index in [1.807, 2.05) is 24.4 Å². The molecule has 2 unspecified atom stereocenters. The monoisotopic (exact) mass is 581 g/mol. The number of pyridine rings is 1. The minimum absolute atomic E-state index is 0.101. The van der Waals surface area contributed by atoms with Crippen molar-refractivity contribution in [3.8, 4) is 28.4 Å². The van der Waals surface area contributed by atoms with Crippen molar-refractivity contribution in [2.24, 2.45) is 18.9 Å². The Morgan fingerprint density at radius 2 is 1.80 bits per heavy atom. The van der Waals surface area contributed by atoms with E-state index in [0.717, 1.165) is 59.4 Å². The van der Waals surface area contributed by atoms with Crippen molar-refractivity contribution < 1.29 is 9.53 Å². The molecule has 2 bridgehead atoms. The van der Waals surface area contributed by atoms with E-state index in [1.54, 1.807) is 7.11 Å². The number of amides is 1. The Morgan fingerprint density at radius 1 is 0.932 bits per heavy atom. The SMILES string of the molecule is COc1cc(C(=O)N2CC3CCC2C3)cc2nc(-c3cc4ccc(-c5ccc6ncccc6c5)cc4n3CC3CC3)n(C)c12. The second-order valence-electron chi connectivity index (χ2n) is 13.1. The quantitative estimate of drug-likeness (QED) is 0.205. The number of aryl methyl sites for hydroxylation is 1. The number of hydrogen-bond acceptors (Lipinski definition) is 4. The fraction of sp³-hybridized carbons (Fsp3) is 0.324. The van der Waals surface area contributed by atoms with Crippen molar-refractivity contribution >= 4 is 38.7 Å². The summed E-state index contributed by atoms with van der Waals surface area (Å²) in [5.41, 5.74) is 8.07. The molecule has 0 N–H and O–H groups in total. The average molecular weight is 582 g/mol. The molecular weight excluding hydrogens is 546 g/mol. The highest BCUT2D eigenvalue weighted by molar-refractivity contribution is 6.00. The third-order valence-corrected chi connectivity index (χ3v) is 10.3. The van der Waals surface area contributed by atoms with Gasteiger partial charge in [0.25, 0.3) is 5.91 Å². The Kier molecular flexibility index (Phi) is 5.68. The molecule has 1 aliphatic heterocycles. The van der Waals surface area contributed by atoms with Gasteiger partial charge in [-0.05, 0) is 97.5 Å². The highest BCUT2D eigenvalue weighted by Crippen LogP contribution is 2.41. The minimum atomic E-state index is 0.101. The fourth-order valence-corrected chi connectivity index (χ4v) is 7.79. The average Bonchev–Trinajstić information content (AvgIpc) is 3.34. The zero-order valence-electron chi connectivity index (χ0n) is 25.2. The van der Waals surface area contributed by atoms with Crippen LogP contribution in [0.25, 0.3) is 55.5 Å². The van der Waals surface area contributed by atoms with Gasteiger partial charge in [0, 0.05) is 54.2 Å². The summed E-state index contributed by atoms with van der Waals surface area (Å²) in [6.45, 7) is 1.84. The summed E-state index contributed by atoms with van der Waals surface area (Å²) in [7, 11) is 3.74. The van der Waals surface area contributed by atoms with E-state index in [4.69, 9.17) is 9.72 Å². The molecule has 6 aromatic rings. The van der Waals surface area contributed by atoms with Crippen molar-refractivity contribution in [2.45, 2.75) is 44.7 Å². The largest absolute Gasteiger partial charge is 0.494 e. The second-order valence-corrected chi connectivity index (χ2v) is 13.1. The summed E-state index contributed by atoms with van der Waals surface area (Å²) in [4.78, 5) is 25.4.